The van der Waals surface area contributed by atoms with E-state index in [2.05, 4.69) is 70.5 Å². The first-order chi connectivity index (χ1) is 30.4. The Labute approximate surface area is 362 Å². The lowest BCUT2D eigenvalue weighted by Gasteiger charge is -2.37. The zero-order valence-corrected chi connectivity index (χ0v) is 34.7. The van der Waals surface area contributed by atoms with Gasteiger partial charge in [0, 0.05) is 18.5 Å². The predicted molar refractivity (Wildman–Crippen MR) is 243 cm³/mol. The lowest BCUT2D eigenvalue weighted by Crippen LogP contribution is -2.44. The minimum absolute atomic E-state index is 0.0407. The van der Waals surface area contributed by atoms with Crippen molar-refractivity contribution in [3.8, 4) is 11.1 Å². The molecule has 1 aliphatic carbocycles. The van der Waals surface area contributed by atoms with Crippen molar-refractivity contribution < 1.29 is 19.1 Å². The average Bonchev–Trinajstić information content (AvgIpc) is 3.92. The van der Waals surface area contributed by atoms with E-state index in [-0.39, 0.29) is 18.9 Å². The van der Waals surface area contributed by atoms with Crippen LogP contribution in [0.1, 0.15) is 67.8 Å². The Bertz CT molecular complexity index is 2600. The molecule has 1 heterocycles. The van der Waals surface area contributed by atoms with Crippen LogP contribution < -0.4 is 5.32 Å². The molecule has 8 aromatic rings. The molecule has 7 nitrogen and oxygen atoms in total. The summed E-state index contributed by atoms with van der Waals surface area (Å²) in [5, 5.41) is 2.92. The summed E-state index contributed by atoms with van der Waals surface area (Å²) in [7, 11) is 0. The van der Waals surface area contributed by atoms with Crippen LogP contribution in [0.25, 0.3) is 11.1 Å². The third-order valence-electron chi connectivity index (χ3n) is 11.9. The summed E-state index contributed by atoms with van der Waals surface area (Å²) < 4.78 is 14.6. The summed E-state index contributed by atoms with van der Waals surface area (Å²) in [6, 6.07) is 62.1. The highest BCUT2D eigenvalue weighted by molar-refractivity contribution is 5.82. The third-order valence-corrected chi connectivity index (χ3v) is 11.9. The Kier molecular flexibility index (Phi) is 11.3. The number of nitrogens with zero attached hydrogens (tertiary/aromatic N) is 2. The third kappa shape index (κ3) is 7.93. The number of nitrogens with one attached hydrogen (secondary N) is 1. The number of hydrogen-bond acceptors (Lipinski definition) is 5. The van der Waals surface area contributed by atoms with Gasteiger partial charge in [-0.25, -0.2) is 14.6 Å². The van der Waals surface area contributed by atoms with Gasteiger partial charge >= 0.3 is 12.1 Å². The highest BCUT2D eigenvalue weighted by atomic mass is 16.6. The second kappa shape index (κ2) is 17.6. The maximum Gasteiger partial charge on any atom is 0.407 e. The number of carbonyl (C=O) groups excluding carboxylic acids is 2. The number of rotatable bonds is 13. The molecule has 1 amide bonds. The van der Waals surface area contributed by atoms with Crippen LogP contribution in [0.3, 0.4) is 0 Å². The Balaban J connectivity index is 1.06. The fraction of sp³-hybridized carbons (Fsp3) is 0.145. The smallest absolute Gasteiger partial charge is 0.407 e. The molecule has 1 aromatic heterocycles. The number of imidazole rings is 1. The van der Waals surface area contributed by atoms with Gasteiger partial charge in [-0.15, -0.1) is 0 Å². The number of aryl methyl sites for hydroxylation is 2. The standard InChI is InChI=1S/C55H47N3O4/c1-38-26-30-40(31-27-38)52(41-32-28-39(2)29-33-41)62-53(59)51(57-54(60)61-36-50-48-24-14-12-22-46(48)47-23-13-15-25-49(47)50)34-45-35-58(37-56-45)55(42-16-6-3-7-17-42,43-18-8-4-9-19-43)44-20-10-5-11-21-44/h3-33,35,37,50-52H,34,36H2,1-2H3,(H,57,60)/t51-/m1/s1. The molecular formula is C55H47N3O4. The highest BCUT2D eigenvalue weighted by Gasteiger charge is 2.39. The Morgan fingerprint density at radius 3 is 1.55 bits per heavy atom. The van der Waals surface area contributed by atoms with E-state index in [4.69, 9.17) is 14.5 Å². The van der Waals surface area contributed by atoms with Crippen LogP contribution in [0.2, 0.25) is 0 Å². The van der Waals surface area contributed by atoms with Gasteiger partial charge in [-0.1, -0.05) is 199 Å². The van der Waals surface area contributed by atoms with Crippen LogP contribution in [-0.2, 0) is 26.2 Å². The fourth-order valence-electron chi connectivity index (χ4n) is 8.83. The number of hydrogen-bond donors (Lipinski definition) is 1. The molecule has 7 aromatic carbocycles. The first-order valence-corrected chi connectivity index (χ1v) is 21.0. The summed E-state index contributed by atoms with van der Waals surface area (Å²) in [6.07, 6.45) is 2.36. The normalized spacial score (nSPS) is 12.6. The first-order valence-electron chi connectivity index (χ1n) is 21.0. The van der Waals surface area contributed by atoms with Gasteiger partial charge in [0.05, 0.1) is 12.0 Å². The maximum atomic E-state index is 14.7. The lowest BCUT2D eigenvalue weighted by molar-refractivity contribution is -0.150. The van der Waals surface area contributed by atoms with Crippen molar-refractivity contribution in [2.45, 2.75) is 43.9 Å². The molecule has 0 fully saturated rings. The van der Waals surface area contributed by atoms with Gasteiger partial charge in [-0.2, -0.15) is 0 Å². The van der Waals surface area contributed by atoms with Gasteiger partial charge in [0.25, 0.3) is 0 Å². The maximum absolute atomic E-state index is 14.7. The lowest BCUT2D eigenvalue weighted by atomic mass is 9.77. The van der Waals surface area contributed by atoms with Crippen LogP contribution in [-0.4, -0.2) is 34.3 Å². The number of ether oxygens (including phenoxy) is 2. The second-order valence-corrected chi connectivity index (χ2v) is 15.9. The monoisotopic (exact) mass is 813 g/mol. The highest BCUT2D eigenvalue weighted by Crippen LogP contribution is 2.45. The second-order valence-electron chi connectivity index (χ2n) is 15.9. The number of amides is 1. The molecule has 0 bridgehead atoms. The van der Waals surface area contributed by atoms with Gasteiger partial charge in [0.15, 0.2) is 6.10 Å². The molecule has 0 saturated carbocycles. The van der Waals surface area contributed by atoms with Crippen molar-refractivity contribution in [3.05, 3.63) is 256 Å². The van der Waals surface area contributed by atoms with Crippen molar-refractivity contribution >= 4 is 12.1 Å². The molecule has 1 N–H and O–H groups in total. The fourth-order valence-corrected chi connectivity index (χ4v) is 8.83. The van der Waals surface area contributed by atoms with Gasteiger partial charge in [-0.3, -0.25) is 0 Å². The molecule has 0 radical (unpaired) electrons. The number of alkyl carbamates (subject to hydrolysis) is 1. The molecule has 1 atom stereocenters. The quantitative estimate of drug-likeness (QED) is 0.0926. The van der Waals surface area contributed by atoms with Crippen LogP contribution in [0.15, 0.2) is 201 Å². The molecular weight excluding hydrogens is 767 g/mol. The van der Waals surface area contributed by atoms with E-state index in [9.17, 15) is 9.59 Å². The molecule has 7 heteroatoms. The first kappa shape index (κ1) is 39.9. The van der Waals surface area contributed by atoms with Crippen LogP contribution in [0.5, 0.6) is 0 Å². The summed E-state index contributed by atoms with van der Waals surface area (Å²) in [6.45, 7) is 4.14. The Morgan fingerprint density at radius 1 is 0.613 bits per heavy atom. The van der Waals surface area contributed by atoms with Crippen LogP contribution in [0, 0.1) is 13.8 Å². The topological polar surface area (TPSA) is 82.5 Å². The molecule has 0 aliphatic heterocycles. The van der Waals surface area contributed by atoms with Crippen molar-refractivity contribution in [3.63, 3.8) is 0 Å². The SMILES string of the molecule is Cc1ccc(C(OC(=O)[C@@H](Cc2cn(C(c3ccccc3)(c3ccccc3)c3ccccc3)cn2)NC(=O)OCC2c3ccccc3-c3ccccc32)c2ccc(C)cc2)cc1. The van der Waals surface area contributed by atoms with Gasteiger partial charge < -0.3 is 19.4 Å². The van der Waals surface area contributed by atoms with E-state index < -0.39 is 29.7 Å². The molecule has 0 spiro atoms. The van der Waals surface area contributed by atoms with Crippen LogP contribution >= 0.6 is 0 Å². The Morgan fingerprint density at radius 2 is 1.06 bits per heavy atom. The van der Waals surface area contributed by atoms with E-state index in [1.807, 2.05) is 147 Å². The summed E-state index contributed by atoms with van der Waals surface area (Å²) in [5.41, 5.74) is 11.1. The van der Waals surface area contributed by atoms with Crippen molar-refractivity contribution in [1.82, 2.24) is 14.9 Å². The van der Waals surface area contributed by atoms with E-state index in [1.54, 1.807) is 6.33 Å². The summed E-state index contributed by atoms with van der Waals surface area (Å²) in [4.78, 5) is 33.6. The van der Waals surface area contributed by atoms with E-state index in [0.29, 0.717) is 5.69 Å². The van der Waals surface area contributed by atoms with Crippen LogP contribution in [0.4, 0.5) is 4.79 Å². The zero-order chi connectivity index (χ0) is 42.5. The van der Waals surface area contributed by atoms with E-state index >= 15 is 0 Å². The predicted octanol–water partition coefficient (Wildman–Crippen LogP) is 11.1. The van der Waals surface area contributed by atoms with Crippen molar-refractivity contribution in [2.24, 2.45) is 0 Å². The van der Waals surface area contributed by atoms with Gasteiger partial charge in [0.2, 0.25) is 0 Å². The molecule has 0 unspecified atom stereocenters. The molecule has 306 valence electrons. The molecule has 1 aliphatic rings. The Hall–Kier alpha value is -7.51. The number of fused-ring (bicyclic) bond motifs is 3. The minimum Gasteiger partial charge on any atom is -0.451 e. The van der Waals surface area contributed by atoms with Crippen molar-refractivity contribution in [1.29, 1.82) is 0 Å². The number of carbonyl (C=O) groups is 2. The number of benzene rings is 7. The minimum atomic E-state index is -1.15. The van der Waals surface area contributed by atoms with E-state index in [0.717, 1.165) is 61.2 Å². The van der Waals surface area contributed by atoms with Gasteiger partial charge in [0.1, 0.15) is 18.2 Å². The largest absolute Gasteiger partial charge is 0.451 e. The molecule has 62 heavy (non-hydrogen) atoms. The zero-order valence-electron chi connectivity index (χ0n) is 34.7. The average molecular weight is 814 g/mol. The summed E-state index contributed by atoms with van der Waals surface area (Å²) in [5.74, 6) is -0.761. The van der Waals surface area contributed by atoms with Gasteiger partial charge in [-0.05, 0) is 63.9 Å². The van der Waals surface area contributed by atoms with E-state index in [1.165, 1.54) is 0 Å². The summed E-state index contributed by atoms with van der Waals surface area (Å²) >= 11 is 0. The number of esters is 1. The number of aromatic nitrogens is 2. The van der Waals surface area contributed by atoms with Crippen molar-refractivity contribution in [2.75, 3.05) is 6.61 Å². The molecule has 0 saturated heterocycles. The molecule has 9 rings (SSSR count).